The van der Waals surface area contributed by atoms with Gasteiger partial charge in [-0.1, -0.05) is 19.9 Å². The van der Waals surface area contributed by atoms with Crippen molar-refractivity contribution >= 4 is 5.69 Å². The van der Waals surface area contributed by atoms with E-state index < -0.39 is 0 Å². The summed E-state index contributed by atoms with van der Waals surface area (Å²) < 4.78 is 5.75. The predicted molar refractivity (Wildman–Crippen MR) is 80.6 cm³/mol. The Morgan fingerprint density at radius 2 is 2.21 bits per heavy atom. The van der Waals surface area contributed by atoms with Crippen LogP contribution in [0.4, 0.5) is 5.69 Å². The molecule has 3 N–H and O–H groups in total. The maximum Gasteiger partial charge on any atom is 0.121 e. The first kappa shape index (κ1) is 14.2. The lowest BCUT2D eigenvalue weighted by Gasteiger charge is -2.28. The van der Waals surface area contributed by atoms with Crippen molar-refractivity contribution < 1.29 is 4.74 Å². The van der Waals surface area contributed by atoms with Gasteiger partial charge < -0.3 is 15.8 Å². The minimum absolute atomic E-state index is 0.353. The Balaban J connectivity index is 1.90. The van der Waals surface area contributed by atoms with Gasteiger partial charge in [0.05, 0.1) is 6.61 Å². The van der Waals surface area contributed by atoms with Gasteiger partial charge in [0, 0.05) is 23.8 Å². The minimum atomic E-state index is 0.353. The van der Waals surface area contributed by atoms with Crippen LogP contribution in [0.25, 0.3) is 0 Å². The van der Waals surface area contributed by atoms with Crippen molar-refractivity contribution in [1.82, 2.24) is 0 Å². The van der Waals surface area contributed by atoms with Crippen LogP contribution < -0.4 is 15.8 Å². The summed E-state index contributed by atoms with van der Waals surface area (Å²) in [6, 6.07) is 9.10. The van der Waals surface area contributed by atoms with Crippen LogP contribution in [-0.2, 0) is 0 Å². The molecule has 0 bridgehead atoms. The number of nitrogens with two attached hydrogens (primary N) is 1. The Labute approximate surface area is 116 Å². The molecule has 0 aromatic heterocycles. The highest BCUT2D eigenvalue weighted by molar-refractivity contribution is 5.49. The standard InChI is InChI=1S/C16H26N2O/c1-12(2)11-19-16-8-4-7-15(10-16)18-14-6-3-5-13(17)9-14/h4,7-8,10,12-14,18H,3,5-6,9,11,17H2,1-2H3. The number of nitrogens with one attached hydrogen (secondary N) is 1. The zero-order valence-electron chi connectivity index (χ0n) is 12.1. The maximum atomic E-state index is 6.02. The number of hydrogen-bond donors (Lipinski definition) is 2. The Morgan fingerprint density at radius 1 is 1.37 bits per heavy atom. The van der Waals surface area contributed by atoms with Gasteiger partial charge in [0.25, 0.3) is 0 Å². The van der Waals surface area contributed by atoms with Gasteiger partial charge in [-0.15, -0.1) is 0 Å². The molecule has 2 rings (SSSR count). The molecule has 1 saturated carbocycles. The van der Waals surface area contributed by atoms with E-state index in [1.54, 1.807) is 0 Å². The first-order valence-electron chi connectivity index (χ1n) is 7.38. The Hall–Kier alpha value is -1.22. The molecule has 3 heteroatoms. The monoisotopic (exact) mass is 262 g/mol. The smallest absolute Gasteiger partial charge is 0.121 e. The van der Waals surface area contributed by atoms with Gasteiger partial charge in [-0.25, -0.2) is 0 Å². The topological polar surface area (TPSA) is 47.3 Å². The van der Waals surface area contributed by atoms with E-state index in [9.17, 15) is 0 Å². The number of hydrogen-bond acceptors (Lipinski definition) is 3. The molecule has 1 aromatic carbocycles. The molecule has 0 aliphatic heterocycles. The maximum absolute atomic E-state index is 6.02. The van der Waals surface area contributed by atoms with Crippen LogP contribution >= 0.6 is 0 Å². The Bertz CT molecular complexity index is 392. The van der Waals surface area contributed by atoms with Crippen LogP contribution in [0.15, 0.2) is 24.3 Å². The van der Waals surface area contributed by atoms with E-state index in [0.717, 1.165) is 30.9 Å². The summed E-state index contributed by atoms with van der Waals surface area (Å²) in [5.41, 5.74) is 7.16. The number of rotatable bonds is 5. The first-order chi connectivity index (χ1) is 9.13. The molecule has 19 heavy (non-hydrogen) atoms. The highest BCUT2D eigenvalue weighted by Gasteiger charge is 2.18. The van der Waals surface area contributed by atoms with Crippen molar-refractivity contribution in [3.63, 3.8) is 0 Å². The van der Waals surface area contributed by atoms with Crippen molar-refractivity contribution in [2.75, 3.05) is 11.9 Å². The molecule has 0 heterocycles. The second-order valence-corrected chi connectivity index (χ2v) is 6.00. The summed E-state index contributed by atoms with van der Waals surface area (Å²) in [6.45, 7) is 5.08. The van der Waals surface area contributed by atoms with Gasteiger partial charge in [0.2, 0.25) is 0 Å². The fraction of sp³-hybridized carbons (Fsp3) is 0.625. The molecule has 1 aliphatic rings. The summed E-state index contributed by atoms with van der Waals surface area (Å²) in [5, 5.41) is 3.58. The van der Waals surface area contributed by atoms with Crippen molar-refractivity contribution in [1.29, 1.82) is 0 Å². The molecular weight excluding hydrogens is 236 g/mol. The Morgan fingerprint density at radius 3 is 2.95 bits per heavy atom. The molecule has 0 radical (unpaired) electrons. The van der Waals surface area contributed by atoms with Crippen LogP contribution in [0, 0.1) is 5.92 Å². The van der Waals surface area contributed by atoms with Crippen molar-refractivity contribution in [2.24, 2.45) is 11.7 Å². The second-order valence-electron chi connectivity index (χ2n) is 6.00. The largest absolute Gasteiger partial charge is 0.493 e. The molecule has 1 aliphatic carbocycles. The van der Waals surface area contributed by atoms with Gasteiger partial charge in [-0.2, -0.15) is 0 Å². The van der Waals surface area contributed by atoms with Crippen LogP contribution in [0.3, 0.4) is 0 Å². The fourth-order valence-corrected chi connectivity index (χ4v) is 2.53. The van der Waals surface area contributed by atoms with E-state index in [1.165, 1.54) is 12.8 Å². The third-order valence-corrected chi connectivity index (χ3v) is 3.50. The van der Waals surface area contributed by atoms with E-state index in [4.69, 9.17) is 10.5 Å². The van der Waals surface area contributed by atoms with Crippen molar-refractivity contribution in [3.8, 4) is 5.75 Å². The number of ether oxygens (including phenoxy) is 1. The van der Waals surface area contributed by atoms with E-state index in [0.29, 0.717) is 18.0 Å². The zero-order valence-corrected chi connectivity index (χ0v) is 12.1. The fourth-order valence-electron chi connectivity index (χ4n) is 2.53. The molecule has 2 unspecified atom stereocenters. The van der Waals surface area contributed by atoms with E-state index >= 15 is 0 Å². The summed E-state index contributed by atoms with van der Waals surface area (Å²) in [5.74, 6) is 1.49. The third kappa shape index (κ3) is 4.75. The summed E-state index contributed by atoms with van der Waals surface area (Å²) in [7, 11) is 0. The highest BCUT2D eigenvalue weighted by atomic mass is 16.5. The molecule has 0 amide bonds. The lowest BCUT2D eigenvalue weighted by molar-refractivity contribution is 0.271. The second kappa shape index (κ2) is 6.80. The molecule has 1 fully saturated rings. The molecule has 0 spiro atoms. The van der Waals surface area contributed by atoms with Gasteiger partial charge in [-0.3, -0.25) is 0 Å². The zero-order chi connectivity index (χ0) is 13.7. The van der Waals surface area contributed by atoms with E-state index in [-0.39, 0.29) is 0 Å². The lowest BCUT2D eigenvalue weighted by atomic mass is 9.91. The van der Waals surface area contributed by atoms with E-state index in [1.807, 2.05) is 12.1 Å². The molecule has 2 atom stereocenters. The first-order valence-corrected chi connectivity index (χ1v) is 7.38. The molecule has 106 valence electrons. The minimum Gasteiger partial charge on any atom is -0.493 e. The van der Waals surface area contributed by atoms with Crippen molar-refractivity contribution in [2.45, 2.75) is 51.6 Å². The lowest BCUT2D eigenvalue weighted by Crippen LogP contribution is -2.34. The van der Waals surface area contributed by atoms with Crippen LogP contribution in [0.1, 0.15) is 39.5 Å². The van der Waals surface area contributed by atoms with Crippen molar-refractivity contribution in [3.05, 3.63) is 24.3 Å². The molecule has 0 saturated heterocycles. The normalized spacial score (nSPS) is 23.4. The predicted octanol–water partition coefficient (Wildman–Crippen LogP) is 3.40. The molecular formula is C16H26N2O. The average molecular weight is 262 g/mol. The summed E-state index contributed by atoms with van der Waals surface area (Å²) in [4.78, 5) is 0. The quantitative estimate of drug-likeness (QED) is 0.855. The van der Waals surface area contributed by atoms with Crippen LogP contribution in [0.5, 0.6) is 5.75 Å². The van der Waals surface area contributed by atoms with Gasteiger partial charge in [-0.05, 0) is 43.7 Å². The molecule has 3 nitrogen and oxygen atoms in total. The Kier molecular flexibility index (Phi) is 5.08. The van der Waals surface area contributed by atoms with Crippen LogP contribution in [-0.4, -0.2) is 18.7 Å². The SMILES string of the molecule is CC(C)COc1cccc(NC2CCCC(N)C2)c1. The summed E-state index contributed by atoms with van der Waals surface area (Å²) >= 11 is 0. The van der Waals surface area contributed by atoms with Crippen LogP contribution in [0.2, 0.25) is 0 Å². The highest BCUT2D eigenvalue weighted by Crippen LogP contribution is 2.23. The molecule has 1 aromatic rings. The van der Waals surface area contributed by atoms with Gasteiger partial charge in [0.1, 0.15) is 5.75 Å². The van der Waals surface area contributed by atoms with E-state index in [2.05, 4.69) is 31.3 Å². The summed E-state index contributed by atoms with van der Waals surface area (Å²) in [6.07, 6.45) is 4.67. The number of anilines is 1. The number of benzene rings is 1. The average Bonchev–Trinajstić information content (AvgIpc) is 2.37. The third-order valence-electron chi connectivity index (χ3n) is 3.50. The van der Waals surface area contributed by atoms with Gasteiger partial charge in [0.15, 0.2) is 0 Å². The van der Waals surface area contributed by atoms with Gasteiger partial charge >= 0.3 is 0 Å².